The maximum atomic E-state index is 4.73. The summed E-state index contributed by atoms with van der Waals surface area (Å²) in [6, 6.07) is 17.1. The normalized spacial score (nSPS) is 11.6. The first-order valence-corrected chi connectivity index (χ1v) is 8.87. The summed E-state index contributed by atoms with van der Waals surface area (Å²) in [6.07, 6.45) is 0. The summed E-state index contributed by atoms with van der Waals surface area (Å²) in [7, 11) is 4.17. The monoisotopic (exact) mass is 338 g/mol. The van der Waals surface area contributed by atoms with Crippen molar-refractivity contribution in [3.8, 4) is 0 Å². The second-order valence-corrected chi connectivity index (χ2v) is 6.53. The maximum absolute atomic E-state index is 4.73. The third-order valence-corrected chi connectivity index (χ3v) is 3.96. The molecule has 25 heavy (non-hydrogen) atoms. The zero-order valence-electron chi connectivity index (χ0n) is 15.8. The van der Waals surface area contributed by atoms with E-state index >= 15 is 0 Å². The Balaban J connectivity index is 2.00. The Morgan fingerprint density at radius 3 is 2.48 bits per heavy atom. The van der Waals surface area contributed by atoms with Crippen LogP contribution in [0.5, 0.6) is 0 Å². The van der Waals surface area contributed by atoms with Gasteiger partial charge in [-0.2, -0.15) is 0 Å². The molecule has 0 saturated carbocycles. The van der Waals surface area contributed by atoms with Crippen molar-refractivity contribution < 1.29 is 0 Å². The number of hydrogen-bond donors (Lipinski definition) is 2. The van der Waals surface area contributed by atoms with Crippen molar-refractivity contribution >= 4 is 5.96 Å². The zero-order valence-corrected chi connectivity index (χ0v) is 15.8. The van der Waals surface area contributed by atoms with E-state index in [1.807, 2.05) is 0 Å². The molecule has 4 nitrogen and oxygen atoms in total. The fourth-order valence-corrected chi connectivity index (χ4v) is 2.69. The van der Waals surface area contributed by atoms with Gasteiger partial charge in [-0.05, 0) is 50.2 Å². The highest BCUT2D eigenvalue weighted by Crippen LogP contribution is 2.09. The van der Waals surface area contributed by atoms with Gasteiger partial charge in [-0.25, -0.2) is 4.99 Å². The second-order valence-electron chi connectivity index (χ2n) is 6.53. The van der Waals surface area contributed by atoms with Crippen molar-refractivity contribution in [2.24, 2.45) is 4.99 Å². The van der Waals surface area contributed by atoms with E-state index in [9.17, 15) is 0 Å². The third-order valence-electron chi connectivity index (χ3n) is 3.96. The molecule has 2 N–H and O–H groups in total. The lowest BCUT2D eigenvalue weighted by atomic mass is 10.1. The number of nitrogens with one attached hydrogen (secondary N) is 2. The van der Waals surface area contributed by atoms with Crippen LogP contribution in [0.25, 0.3) is 0 Å². The Labute approximate surface area is 152 Å². The van der Waals surface area contributed by atoms with Gasteiger partial charge in [-0.15, -0.1) is 0 Å². The Morgan fingerprint density at radius 1 is 1.00 bits per heavy atom. The molecule has 0 heterocycles. The molecule has 0 amide bonds. The smallest absolute Gasteiger partial charge is 0.191 e. The summed E-state index contributed by atoms with van der Waals surface area (Å²) in [6.45, 7) is 7.47. The van der Waals surface area contributed by atoms with Gasteiger partial charge in [0.1, 0.15) is 0 Å². The van der Waals surface area contributed by atoms with E-state index in [4.69, 9.17) is 4.99 Å². The van der Waals surface area contributed by atoms with Crippen LogP contribution in [-0.2, 0) is 19.6 Å². The molecule has 134 valence electrons. The van der Waals surface area contributed by atoms with Gasteiger partial charge in [0, 0.05) is 19.6 Å². The topological polar surface area (TPSA) is 39.7 Å². The Morgan fingerprint density at radius 2 is 1.76 bits per heavy atom. The summed E-state index contributed by atoms with van der Waals surface area (Å²) >= 11 is 0. The van der Waals surface area contributed by atoms with Gasteiger partial charge in [0.25, 0.3) is 0 Å². The van der Waals surface area contributed by atoms with E-state index in [0.717, 1.165) is 25.6 Å². The second kappa shape index (κ2) is 9.84. The molecule has 0 atom stereocenters. The van der Waals surface area contributed by atoms with Crippen molar-refractivity contribution in [2.75, 3.05) is 20.6 Å². The Bertz CT molecular complexity index is 692. The standard InChI is InChI=1S/C21H30N4/c1-5-22-21(24-15-20-12-7-6-9-17(20)2)23-14-18-10-8-11-19(13-18)16-25(3)4/h6-13H,5,14-16H2,1-4H3,(H2,22,23,24). The highest BCUT2D eigenvalue weighted by Gasteiger charge is 2.02. The van der Waals surface area contributed by atoms with Crippen LogP contribution in [0.4, 0.5) is 0 Å². The van der Waals surface area contributed by atoms with Crippen LogP contribution in [0.2, 0.25) is 0 Å². The minimum absolute atomic E-state index is 0.671. The molecule has 2 aromatic rings. The SMILES string of the molecule is CCNC(=NCc1cccc(CN(C)C)c1)NCc1ccccc1C. The molecule has 0 aromatic heterocycles. The van der Waals surface area contributed by atoms with Crippen LogP contribution in [0, 0.1) is 6.92 Å². The minimum atomic E-state index is 0.671. The number of aliphatic imine (C=N–C) groups is 1. The number of guanidine groups is 1. The first-order valence-electron chi connectivity index (χ1n) is 8.87. The van der Waals surface area contributed by atoms with E-state index in [1.54, 1.807) is 0 Å². The molecular weight excluding hydrogens is 308 g/mol. The molecule has 2 rings (SSSR count). The lowest BCUT2D eigenvalue weighted by molar-refractivity contribution is 0.402. The number of aryl methyl sites for hydroxylation is 1. The van der Waals surface area contributed by atoms with Crippen LogP contribution >= 0.6 is 0 Å². The van der Waals surface area contributed by atoms with Gasteiger partial charge in [-0.1, -0.05) is 48.5 Å². The van der Waals surface area contributed by atoms with Crippen molar-refractivity contribution in [3.63, 3.8) is 0 Å². The first kappa shape index (κ1) is 19.0. The third kappa shape index (κ3) is 6.59. The van der Waals surface area contributed by atoms with Gasteiger partial charge in [-0.3, -0.25) is 0 Å². The molecule has 0 aliphatic carbocycles. The largest absolute Gasteiger partial charge is 0.357 e. The first-order chi connectivity index (χ1) is 12.1. The molecule has 0 bridgehead atoms. The highest BCUT2D eigenvalue weighted by atomic mass is 15.2. The van der Waals surface area contributed by atoms with E-state index in [0.29, 0.717) is 6.54 Å². The van der Waals surface area contributed by atoms with Crippen molar-refractivity contribution in [1.82, 2.24) is 15.5 Å². The number of hydrogen-bond acceptors (Lipinski definition) is 2. The Kier molecular flexibility index (Phi) is 7.48. The number of nitrogens with zero attached hydrogens (tertiary/aromatic N) is 2. The van der Waals surface area contributed by atoms with E-state index in [1.165, 1.54) is 22.3 Å². The van der Waals surface area contributed by atoms with Gasteiger partial charge >= 0.3 is 0 Å². The number of benzene rings is 2. The lowest BCUT2D eigenvalue weighted by Gasteiger charge is -2.13. The fourth-order valence-electron chi connectivity index (χ4n) is 2.69. The van der Waals surface area contributed by atoms with Crippen molar-refractivity contribution in [2.45, 2.75) is 33.5 Å². The van der Waals surface area contributed by atoms with Crippen LogP contribution < -0.4 is 10.6 Å². The number of rotatable bonds is 7. The maximum Gasteiger partial charge on any atom is 0.191 e. The van der Waals surface area contributed by atoms with Crippen LogP contribution in [0.1, 0.15) is 29.2 Å². The van der Waals surface area contributed by atoms with Gasteiger partial charge in [0.15, 0.2) is 5.96 Å². The molecule has 0 unspecified atom stereocenters. The Hall–Kier alpha value is -2.33. The van der Waals surface area contributed by atoms with Gasteiger partial charge in [0.2, 0.25) is 0 Å². The molecule has 0 saturated heterocycles. The summed E-state index contributed by atoms with van der Waals surface area (Å²) in [5, 5.41) is 6.75. The molecule has 0 spiro atoms. The molecule has 2 aromatic carbocycles. The quantitative estimate of drug-likeness (QED) is 0.601. The molecule has 4 heteroatoms. The van der Waals surface area contributed by atoms with Gasteiger partial charge in [0.05, 0.1) is 6.54 Å². The van der Waals surface area contributed by atoms with Gasteiger partial charge < -0.3 is 15.5 Å². The fraction of sp³-hybridized carbons (Fsp3) is 0.381. The van der Waals surface area contributed by atoms with E-state index in [-0.39, 0.29) is 0 Å². The van der Waals surface area contributed by atoms with Crippen LogP contribution in [0.3, 0.4) is 0 Å². The predicted molar refractivity (Wildman–Crippen MR) is 107 cm³/mol. The summed E-state index contributed by atoms with van der Waals surface area (Å²) < 4.78 is 0. The molecule has 0 aliphatic heterocycles. The highest BCUT2D eigenvalue weighted by molar-refractivity contribution is 5.79. The average molecular weight is 338 g/mol. The summed E-state index contributed by atoms with van der Waals surface area (Å²) in [5.41, 5.74) is 5.13. The summed E-state index contributed by atoms with van der Waals surface area (Å²) in [4.78, 5) is 6.91. The molecule has 0 radical (unpaired) electrons. The van der Waals surface area contributed by atoms with E-state index in [2.05, 4.69) is 92.0 Å². The molecule has 0 fully saturated rings. The van der Waals surface area contributed by atoms with Crippen molar-refractivity contribution in [1.29, 1.82) is 0 Å². The molecular formula is C21H30N4. The average Bonchev–Trinajstić information content (AvgIpc) is 2.58. The van der Waals surface area contributed by atoms with Crippen LogP contribution in [-0.4, -0.2) is 31.5 Å². The van der Waals surface area contributed by atoms with E-state index < -0.39 is 0 Å². The summed E-state index contributed by atoms with van der Waals surface area (Å²) in [5.74, 6) is 0.851. The van der Waals surface area contributed by atoms with Crippen molar-refractivity contribution in [3.05, 3.63) is 70.8 Å². The molecule has 0 aliphatic rings. The predicted octanol–water partition coefficient (Wildman–Crippen LogP) is 3.31. The zero-order chi connectivity index (χ0) is 18.1. The van der Waals surface area contributed by atoms with Crippen LogP contribution in [0.15, 0.2) is 53.5 Å². The minimum Gasteiger partial charge on any atom is -0.357 e. The lowest BCUT2D eigenvalue weighted by Crippen LogP contribution is -2.36.